The number of carbonyl (C=O) groups excluding carboxylic acids is 3. The summed E-state index contributed by atoms with van der Waals surface area (Å²) in [6.07, 6.45) is 18.5. The van der Waals surface area contributed by atoms with E-state index in [1.807, 2.05) is 6.08 Å². The number of aliphatic hydroxyl groups excluding tert-OH is 1. The van der Waals surface area contributed by atoms with Crippen molar-refractivity contribution in [2.24, 2.45) is 69.5 Å². The topological polar surface area (TPSA) is 173 Å². The molecule has 0 heterocycles. The first-order valence-corrected chi connectivity index (χ1v) is 26.9. The number of likely N-dealkylation sites (N-methyl/N-ethyl adjacent to an activating group) is 1. The van der Waals surface area contributed by atoms with Crippen molar-refractivity contribution in [3.63, 3.8) is 0 Å². The summed E-state index contributed by atoms with van der Waals surface area (Å²) in [5, 5.41) is 36.1. The van der Waals surface area contributed by atoms with Crippen molar-refractivity contribution in [3.8, 4) is 12.3 Å². The number of hydrogen-bond donors (Lipinski definition) is 3. The van der Waals surface area contributed by atoms with Gasteiger partial charge in [-0.2, -0.15) is 0 Å². The first-order chi connectivity index (χ1) is 32.9. The summed E-state index contributed by atoms with van der Waals surface area (Å²) in [5.74, 6) is 3.99. The lowest BCUT2D eigenvalue weighted by molar-refractivity contribution is -0.372. The van der Waals surface area contributed by atoms with Crippen molar-refractivity contribution < 1.29 is 49.6 Å². The number of hydrogen-bond acceptors (Lipinski definition) is 10. The number of benzene rings is 1. The zero-order valence-electron chi connectivity index (χ0n) is 42.5. The summed E-state index contributed by atoms with van der Waals surface area (Å²) in [6, 6.07) is 9.04. The number of carboxylic acid groups (broad SMARTS) is 1. The van der Waals surface area contributed by atoms with Crippen LogP contribution in [0, 0.1) is 81.8 Å². The number of quaternary nitrogens is 1. The van der Waals surface area contributed by atoms with Gasteiger partial charge in [0, 0.05) is 55.3 Å². The van der Waals surface area contributed by atoms with Crippen molar-refractivity contribution in [2.75, 3.05) is 38.3 Å². The van der Waals surface area contributed by atoms with Gasteiger partial charge in [0.05, 0.1) is 24.4 Å². The maximum absolute atomic E-state index is 13.2. The summed E-state index contributed by atoms with van der Waals surface area (Å²) in [4.78, 5) is 39.5. The summed E-state index contributed by atoms with van der Waals surface area (Å²) in [5.41, 5.74) is 8.68. The van der Waals surface area contributed by atoms with Crippen molar-refractivity contribution >= 4 is 23.6 Å². The van der Waals surface area contributed by atoms with E-state index in [2.05, 4.69) is 82.5 Å². The molecule has 14 unspecified atom stereocenters. The predicted octanol–water partition coefficient (Wildman–Crippen LogP) is 7.58. The van der Waals surface area contributed by atoms with Gasteiger partial charge in [-0.05, 0) is 183 Å². The number of ketones is 1. The second-order valence-electron chi connectivity index (χ2n) is 24.2. The number of carboxylic acids is 1. The molecule has 17 atom stereocenters. The van der Waals surface area contributed by atoms with E-state index in [4.69, 9.17) is 20.6 Å². The average molecular weight is 951 g/mol. The molecule has 0 amide bonds. The Bertz CT molecular complexity index is 2220. The van der Waals surface area contributed by atoms with E-state index in [0.717, 1.165) is 82.9 Å². The molecule has 8 aliphatic carbocycles. The SMILES string of the molecule is C#CC[C@@]1(O)C(C)CC2C3CCC4=CC(=O)CCC4=C3C(c3ccc(N(C)CCOC4CC[C@]5(C)C(C4)CC(OC(=O)OCC[NH3+])C4C6CCC(C(C)CCC(=O)[O-])C6(C)C(O)CC45)cc3)C[C@]21C. The van der Waals surface area contributed by atoms with Crippen molar-refractivity contribution in [1.82, 2.24) is 0 Å². The minimum absolute atomic E-state index is 0.0174. The van der Waals surface area contributed by atoms with Crippen molar-refractivity contribution in [1.29, 1.82) is 0 Å². The van der Waals surface area contributed by atoms with E-state index in [1.54, 1.807) is 0 Å². The summed E-state index contributed by atoms with van der Waals surface area (Å²) >= 11 is 0. The van der Waals surface area contributed by atoms with Gasteiger partial charge in [0.25, 0.3) is 0 Å². The molecule has 5 N–H and O–H groups in total. The number of nitrogens with zero attached hydrogens (tertiary/aromatic N) is 1. The van der Waals surface area contributed by atoms with Crippen molar-refractivity contribution in [3.05, 3.63) is 52.6 Å². The monoisotopic (exact) mass is 951 g/mol. The maximum Gasteiger partial charge on any atom is 0.508 e. The normalized spacial score (nSPS) is 41.5. The van der Waals surface area contributed by atoms with Gasteiger partial charge >= 0.3 is 6.16 Å². The highest BCUT2D eigenvalue weighted by molar-refractivity contribution is 5.93. The van der Waals surface area contributed by atoms with Crippen LogP contribution in [0.15, 0.2) is 47.1 Å². The molecule has 6 saturated carbocycles. The molecule has 1 aromatic rings. The highest BCUT2D eigenvalue weighted by Gasteiger charge is 2.68. The van der Waals surface area contributed by atoms with Gasteiger partial charge < -0.3 is 45.0 Å². The van der Waals surface area contributed by atoms with Crippen LogP contribution in [-0.4, -0.2) is 85.4 Å². The van der Waals surface area contributed by atoms with Gasteiger partial charge in [0.15, 0.2) is 5.78 Å². The molecule has 0 aliphatic heterocycles. The van der Waals surface area contributed by atoms with Crippen LogP contribution >= 0.6 is 0 Å². The lowest BCUT2D eigenvalue weighted by Crippen LogP contribution is -2.63. The van der Waals surface area contributed by atoms with Crippen LogP contribution in [-0.2, 0) is 23.8 Å². The molecule has 0 bridgehead atoms. The number of rotatable bonds is 14. The highest BCUT2D eigenvalue weighted by atomic mass is 16.7. The standard InChI is InChI=1S/C58H82N2O9/c1-8-22-58(66)35(3)28-47-43-16-12-37-29-40(61)15-17-42(37)52(43)44(33-56(47,58)5)36-10-13-39(14-11-36)60(7)25-27-67-41-21-23-55(4)38(30-41)31-49(69-54(65)68-26-24-59)53-46-19-18-45(34(2)9-20-51(63)64)57(46,6)50(62)32-48(53)55/h1,10-11,13-14,29,34-35,38,41,43-50,53,62,66H,9,12,15-28,30-33,59H2,2-7H3,(H,63,64)/t34?,35?,38?,41?,43?,44?,45?,46?,47?,48?,49?,50?,53?,55-,56-,57?,58-/m1/s1. The minimum Gasteiger partial charge on any atom is -0.550 e. The second-order valence-corrected chi connectivity index (χ2v) is 24.2. The Hall–Kier alpha value is -3.69. The Morgan fingerprint density at radius 1 is 1.00 bits per heavy atom. The number of aliphatic carboxylic acids is 1. The molecule has 0 aromatic heterocycles. The Kier molecular flexibility index (Phi) is 14.1. The first-order valence-electron chi connectivity index (χ1n) is 26.9. The van der Waals surface area contributed by atoms with Gasteiger partial charge in [0.2, 0.25) is 0 Å². The largest absolute Gasteiger partial charge is 0.550 e. The van der Waals surface area contributed by atoms with Crippen LogP contribution in [0.3, 0.4) is 0 Å². The van der Waals surface area contributed by atoms with Gasteiger partial charge in [-0.1, -0.05) is 52.3 Å². The minimum atomic E-state index is -1.03. The molecule has 0 saturated heterocycles. The summed E-state index contributed by atoms with van der Waals surface area (Å²) < 4.78 is 18.5. The predicted molar refractivity (Wildman–Crippen MR) is 262 cm³/mol. The maximum atomic E-state index is 13.2. The molecule has 9 rings (SSSR count). The van der Waals surface area contributed by atoms with E-state index in [-0.39, 0.29) is 89.2 Å². The smallest absolute Gasteiger partial charge is 0.508 e. The summed E-state index contributed by atoms with van der Waals surface area (Å²) in [6.45, 7) is 13.2. The highest BCUT2D eigenvalue weighted by Crippen LogP contribution is 2.70. The molecule has 11 heteroatoms. The Morgan fingerprint density at radius 2 is 1.77 bits per heavy atom. The number of aliphatic hydroxyl groups is 2. The zero-order valence-corrected chi connectivity index (χ0v) is 42.5. The number of terminal acetylenes is 1. The van der Waals surface area contributed by atoms with E-state index in [1.165, 1.54) is 22.3 Å². The summed E-state index contributed by atoms with van der Waals surface area (Å²) in [7, 11) is 2.12. The fraction of sp³-hybridized carbons (Fsp3) is 0.741. The van der Waals surface area contributed by atoms with Crippen LogP contribution < -0.4 is 15.7 Å². The number of ether oxygens (including phenoxy) is 3. The van der Waals surface area contributed by atoms with Crippen molar-refractivity contribution in [2.45, 2.75) is 167 Å². The average Bonchev–Trinajstić information content (AvgIpc) is 3.78. The Labute approximate surface area is 411 Å². The fourth-order valence-electron chi connectivity index (χ4n) is 17.6. The van der Waals surface area contributed by atoms with Gasteiger partial charge in [0.1, 0.15) is 19.3 Å². The fourth-order valence-corrected chi connectivity index (χ4v) is 17.6. The van der Waals surface area contributed by atoms with E-state index in [0.29, 0.717) is 50.7 Å². The van der Waals surface area contributed by atoms with Gasteiger partial charge in [-0.3, -0.25) is 4.79 Å². The molecule has 0 spiro atoms. The van der Waals surface area contributed by atoms with Crippen LogP contribution in [0.2, 0.25) is 0 Å². The lowest BCUT2D eigenvalue weighted by Gasteiger charge is -2.64. The van der Waals surface area contributed by atoms with Gasteiger partial charge in [-0.15, -0.1) is 12.3 Å². The van der Waals surface area contributed by atoms with E-state index >= 15 is 0 Å². The van der Waals surface area contributed by atoms with E-state index < -0.39 is 29.2 Å². The Morgan fingerprint density at radius 3 is 2.49 bits per heavy atom. The molecule has 69 heavy (non-hydrogen) atoms. The quantitative estimate of drug-likeness (QED) is 0.125. The van der Waals surface area contributed by atoms with Gasteiger partial charge in [-0.25, -0.2) is 4.79 Å². The number of carbonyl (C=O) groups is 3. The molecular formula is C58H82N2O9. The molecule has 378 valence electrons. The molecule has 6 fully saturated rings. The lowest BCUT2D eigenvalue weighted by atomic mass is 9.43. The van der Waals surface area contributed by atoms with E-state index in [9.17, 15) is 29.7 Å². The molecular weight excluding hydrogens is 869 g/mol. The Balaban J connectivity index is 0.876. The molecule has 0 radical (unpaired) electrons. The number of fused-ring (bicyclic) bond motifs is 9. The molecule has 1 aromatic carbocycles. The number of allylic oxidation sites excluding steroid dienone is 4. The van der Waals surface area contributed by atoms with Crippen LogP contribution in [0.4, 0.5) is 10.5 Å². The van der Waals surface area contributed by atoms with Crippen LogP contribution in [0.25, 0.3) is 0 Å². The molecule has 11 nitrogen and oxygen atoms in total. The van der Waals surface area contributed by atoms with Crippen LogP contribution in [0.5, 0.6) is 0 Å². The first kappa shape index (κ1) is 50.3. The third-order valence-electron chi connectivity index (χ3n) is 21.3. The second kappa shape index (κ2) is 19.4. The molecule has 8 aliphatic rings. The third kappa shape index (κ3) is 8.61. The number of anilines is 1. The zero-order chi connectivity index (χ0) is 49.2. The van der Waals surface area contributed by atoms with Crippen LogP contribution in [0.1, 0.15) is 149 Å². The third-order valence-corrected chi connectivity index (χ3v) is 21.3.